The van der Waals surface area contributed by atoms with Crippen LogP contribution in [-0.2, 0) is 19.1 Å². The van der Waals surface area contributed by atoms with E-state index >= 15 is 0 Å². The van der Waals surface area contributed by atoms with Crippen molar-refractivity contribution in [2.24, 2.45) is 11.8 Å². The number of methoxy groups -OCH3 is 1. The first-order valence-corrected chi connectivity index (χ1v) is 12.2. The first-order chi connectivity index (χ1) is 16.9. The maximum absolute atomic E-state index is 12.7. The fourth-order valence-electron chi connectivity index (χ4n) is 4.80. The van der Waals surface area contributed by atoms with E-state index < -0.39 is 11.9 Å². The Hall–Kier alpha value is -3.14. The number of carbonyl (C=O) groups excluding carboxylic acids is 4. The molecule has 1 aromatic carbocycles. The minimum absolute atomic E-state index is 0.0488. The third-order valence-corrected chi connectivity index (χ3v) is 6.78. The van der Waals surface area contributed by atoms with Crippen molar-refractivity contribution in [3.05, 3.63) is 29.8 Å². The molecule has 3 rings (SSSR count). The van der Waals surface area contributed by atoms with Crippen molar-refractivity contribution in [1.82, 2.24) is 15.3 Å². The van der Waals surface area contributed by atoms with Crippen molar-refractivity contribution in [3.8, 4) is 5.75 Å². The molecular formula is C25H35N3O7. The van der Waals surface area contributed by atoms with Gasteiger partial charge in [0.25, 0.3) is 0 Å². The topological polar surface area (TPSA) is 125 Å². The molecule has 0 radical (unpaired) electrons. The molecule has 1 atom stereocenters. The number of ether oxygens (including phenoxy) is 2. The van der Waals surface area contributed by atoms with Crippen LogP contribution in [0.2, 0.25) is 0 Å². The average Bonchev–Trinajstić information content (AvgIpc) is 3.40. The van der Waals surface area contributed by atoms with Gasteiger partial charge in [-0.25, -0.2) is 9.86 Å². The smallest absolute Gasteiger partial charge is 0.337 e. The molecule has 1 saturated heterocycles. The number of nitrogens with zero attached hydrogens (tertiary/aromatic N) is 2. The molecule has 2 aliphatic rings. The van der Waals surface area contributed by atoms with Gasteiger partial charge in [0, 0.05) is 25.9 Å². The molecule has 1 heterocycles. The second kappa shape index (κ2) is 13.1. The highest BCUT2D eigenvalue weighted by atomic mass is 16.5. The normalized spacial score (nSPS) is 17.5. The number of likely N-dealkylation sites (tertiary alicyclic amines) is 1. The minimum Gasteiger partial charge on any atom is -0.490 e. The van der Waals surface area contributed by atoms with E-state index in [-0.39, 0.29) is 31.0 Å². The maximum Gasteiger partial charge on any atom is 0.337 e. The number of hydrogen-bond acceptors (Lipinski definition) is 7. The van der Waals surface area contributed by atoms with Gasteiger partial charge in [-0.05, 0) is 36.6 Å². The van der Waals surface area contributed by atoms with Crippen LogP contribution < -0.4 is 10.1 Å². The lowest BCUT2D eigenvalue weighted by atomic mass is 9.92. The van der Waals surface area contributed by atoms with Gasteiger partial charge in [-0.1, -0.05) is 25.7 Å². The van der Waals surface area contributed by atoms with Gasteiger partial charge < -0.3 is 19.7 Å². The highest BCUT2D eigenvalue weighted by Crippen LogP contribution is 2.30. The number of hydroxylamine groups is 2. The molecule has 1 saturated carbocycles. The molecule has 0 spiro atoms. The highest BCUT2D eigenvalue weighted by molar-refractivity contribution is 5.89. The van der Waals surface area contributed by atoms with Crippen LogP contribution in [-0.4, -0.2) is 78.8 Å². The third-order valence-electron chi connectivity index (χ3n) is 6.78. The summed E-state index contributed by atoms with van der Waals surface area (Å²) >= 11 is 0. The number of amides is 3. The Balaban J connectivity index is 1.42. The van der Waals surface area contributed by atoms with E-state index in [9.17, 15) is 24.4 Å². The van der Waals surface area contributed by atoms with Crippen molar-refractivity contribution >= 4 is 24.2 Å². The number of hydrogen-bond donors (Lipinski definition) is 2. The van der Waals surface area contributed by atoms with Crippen molar-refractivity contribution < 1.29 is 33.9 Å². The molecule has 0 bridgehead atoms. The summed E-state index contributed by atoms with van der Waals surface area (Å²) in [5.74, 6) is -0.396. The average molecular weight is 490 g/mol. The minimum atomic E-state index is -0.550. The molecular weight excluding hydrogens is 454 g/mol. The van der Waals surface area contributed by atoms with Gasteiger partial charge >= 0.3 is 5.97 Å². The van der Waals surface area contributed by atoms with Gasteiger partial charge in [0.2, 0.25) is 18.2 Å². The summed E-state index contributed by atoms with van der Waals surface area (Å²) in [6.45, 7) is 0.831. The van der Waals surface area contributed by atoms with E-state index in [4.69, 9.17) is 4.74 Å². The largest absolute Gasteiger partial charge is 0.490 e. The summed E-state index contributed by atoms with van der Waals surface area (Å²) in [6, 6.07) is 6.74. The van der Waals surface area contributed by atoms with E-state index in [1.165, 1.54) is 7.11 Å². The van der Waals surface area contributed by atoms with Gasteiger partial charge in [-0.3, -0.25) is 19.6 Å². The molecule has 10 nitrogen and oxygen atoms in total. The quantitative estimate of drug-likeness (QED) is 0.211. The number of benzene rings is 1. The molecule has 192 valence electrons. The summed E-state index contributed by atoms with van der Waals surface area (Å²) in [4.78, 5) is 49.4. The van der Waals surface area contributed by atoms with Gasteiger partial charge in [0.05, 0.1) is 31.7 Å². The predicted molar refractivity (Wildman–Crippen MR) is 126 cm³/mol. The van der Waals surface area contributed by atoms with E-state index in [0.29, 0.717) is 61.1 Å². The highest BCUT2D eigenvalue weighted by Gasteiger charge is 2.28. The van der Waals surface area contributed by atoms with Crippen molar-refractivity contribution in [2.75, 3.05) is 33.3 Å². The zero-order valence-electron chi connectivity index (χ0n) is 20.2. The molecule has 1 aliphatic heterocycles. The number of nitrogens with one attached hydrogen (secondary N) is 1. The Kier molecular flexibility index (Phi) is 9.89. The van der Waals surface area contributed by atoms with Gasteiger partial charge in [-0.2, -0.15) is 0 Å². The standard InChI is InChI=1S/C25H35N3O7/c1-34-25(32)19-6-8-21(9-7-19)35-22-10-12-27(13-11-22)23(30)15-26-24(31)20(16-28(33)17-29)14-18-4-2-3-5-18/h6-9,17-18,20,22,33H,2-5,10-16H2,1H3,(H,26,31). The Bertz CT molecular complexity index is 862. The fraction of sp³-hybridized carbons (Fsp3) is 0.600. The van der Waals surface area contributed by atoms with Gasteiger partial charge in [0.15, 0.2) is 0 Å². The second-order valence-electron chi connectivity index (χ2n) is 9.24. The van der Waals surface area contributed by atoms with Crippen molar-refractivity contribution in [3.63, 3.8) is 0 Å². The molecule has 35 heavy (non-hydrogen) atoms. The number of rotatable bonds is 11. The van der Waals surface area contributed by atoms with E-state index in [0.717, 1.165) is 25.7 Å². The van der Waals surface area contributed by atoms with Crippen LogP contribution >= 0.6 is 0 Å². The first-order valence-electron chi connectivity index (χ1n) is 12.2. The Labute approximate surface area is 205 Å². The maximum atomic E-state index is 12.7. The van der Waals surface area contributed by atoms with Crippen molar-refractivity contribution in [1.29, 1.82) is 0 Å². The van der Waals surface area contributed by atoms with Crippen LogP contribution in [0.5, 0.6) is 5.75 Å². The lowest BCUT2D eigenvalue weighted by Crippen LogP contribution is -2.47. The number of piperidine rings is 1. The first kappa shape index (κ1) is 26.5. The monoisotopic (exact) mass is 489 g/mol. The number of carbonyl (C=O) groups is 4. The Morgan fingerprint density at radius 2 is 1.80 bits per heavy atom. The zero-order valence-corrected chi connectivity index (χ0v) is 20.2. The second-order valence-corrected chi connectivity index (χ2v) is 9.24. The summed E-state index contributed by atoms with van der Waals surface area (Å²) < 4.78 is 10.7. The molecule has 2 N–H and O–H groups in total. The molecule has 1 aromatic rings. The molecule has 10 heteroatoms. The van der Waals surface area contributed by atoms with E-state index in [1.807, 2.05) is 0 Å². The van der Waals surface area contributed by atoms with Crippen molar-refractivity contribution in [2.45, 2.75) is 51.0 Å². The number of esters is 1. The predicted octanol–water partition coefficient (Wildman–Crippen LogP) is 2.00. The molecule has 3 amide bonds. The molecule has 1 unspecified atom stereocenters. The lowest BCUT2D eigenvalue weighted by molar-refractivity contribution is -0.155. The van der Waals surface area contributed by atoms with Crippen LogP contribution in [0, 0.1) is 11.8 Å². The SMILES string of the molecule is COC(=O)c1ccc(OC2CCN(C(=O)CNC(=O)C(CC3CCCC3)CN(O)C=O)CC2)cc1. The zero-order chi connectivity index (χ0) is 25.2. The summed E-state index contributed by atoms with van der Waals surface area (Å²) in [7, 11) is 1.33. The Morgan fingerprint density at radius 3 is 2.40 bits per heavy atom. The summed E-state index contributed by atoms with van der Waals surface area (Å²) in [5.41, 5.74) is 0.450. The summed E-state index contributed by atoms with van der Waals surface area (Å²) in [6.07, 6.45) is 6.49. The Morgan fingerprint density at radius 1 is 1.14 bits per heavy atom. The molecule has 1 aliphatic carbocycles. The van der Waals surface area contributed by atoms with Crippen LogP contribution in [0.15, 0.2) is 24.3 Å². The molecule has 2 fully saturated rings. The lowest BCUT2D eigenvalue weighted by Gasteiger charge is -2.32. The van der Waals surface area contributed by atoms with Gasteiger partial charge in [0.1, 0.15) is 11.9 Å². The van der Waals surface area contributed by atoms with Gasteiger partial charge in [-0.15, -0.1) is 0 Å². The van der Waals surface area contributed by atoms with Crippen LogP contribution in [0.4, 0.5) is 0 Å². The van der Waals surface area contributed by atoms with E-state index in [2.05, 4.69) is 10.1 Å². The third kappa shape index (κ3) is 7.95. The summed E-state index contributed by atoms with van der Waals surface area (Å²) in [5, 5.41) is 12.8. The van der Waals surface area contributed by atoms with Crippen LogP contribution in [0.1, 0.15) is 55.3 Å². The van der Waals surface area contributed by atoms with Crippen LogP contribution in [0.25, 0.3) is 0 Å². The van der Waals surface area contributed by atoms with Crippen LogP contribution in [0.3, 0.4) is 0 Å². The fourth-order valence-corrected chi connectivity index (χ4v) is 4.80. The molecule has 0 aromatic heterocycles. The van der Waals surface area contributed by atoms with E-state index in [1.54, 1.807) is 29.2 Å².